The number of amides is 1. The zero-order chi connectivity index (χ0) is 18.1. The molecular weight excluding hydrogens is 314 g/mol. The second kappa shape index (κ2) is 7.11. The van der Waals surface area contributed by atoms with Crippen LogP contribution in [-0.4, -0.2) is 35.5 Å². The van der Waals surface area contributed by atoms with Crippen molar-refractivity contribution in [3.05, 3.63) is 34.4 Å². The summed E-state index contributed by atoms with van der Waals surface area (Å²) in [6, 6.07) is 4.05. The number of aryl methyl sites for hydroxylation is 3. The van der Waals surface area contributed by atoms with Crippen LogP contribution in [0.5, 0.6) is 0 Å². The third-order valence-corrected chi connectivity index (χ3v) is 5.61. The maximum absolute atomic E-state index is 12.9. The lowest BCUT2D eigenvalue weighted by molar-refractivity contribution is -0.135. The first-order chi connectivity index (χ1) is 11.9. The standard InChI is InChI=1S/C21H27NO3/c1-13-9-14(2)19(15(3)10-13)20-17(23)11-16(21(20)25)12-18(24)22-7-5-4-6-8-22/h9-10,16,20H,4-8,11-12H2,1-3H3. The Labute approximate surface area is 149 Å². The van der Waals surface area contributed by atoms with Crippen molar-refractivity contribution in [2.75, 3.05) is 13.1 Å². The maximum atomic E-state index is 12.9. The van der Waals surface area contributed by atoms with E-state index in [-0.39, 0.29) is 30.3 Å². The fraction of sp³-hybridized carbons (Fsp3) is 0.571. The van der Waals surface area contributed by atoms with E-state index < -0.39 is 11.8 Å². The van der Waals surface area contributed by atoms with Gasteiger partial charge in [-0.1, -0.05) is 17.7 Å². The molecule has 1 aromatic carbocycles. The highest BCUT2D eigenvalue weighted by atomic mass is 16.2. The summed E-state index contributed by atoms with van der Waals surface area (Å²) in [6.07, 6.45) is 3.63. The number of piperidine rings is 1. The molecule has 1 aliphatic carbocycles. The molecule has 2 fully saturated rings. The van der Waals surface area contributed by atoms with Crippen LogP contribution in [0.1, 0.15) is 60.3 Å². The molecule has 3 rings (SSSR count). The quantitative estimate of drug-likeness (QED) is 0.793. The lowest BCUT2D eigenvalue weighted by atomic mass is 9.86. The van der Waals surface area contributed by atoms with Crippen molar-refractivity contribution in [2.24, 2.45) is 5.92 Å². The SMILES string of the molecule is Cc1cc(C)c(C2C(=O)CC(CC(=O)N3CCCCC3)C2=O)c(C)c1. The molecule has 1 saturated heterocycles. The van der Waals surface area contributed by atoms with Gasteiger partial charge in [0.2, 0.25) is 5.91 Å². The molecule has 1 aromatic rings. The number of likely N-dealkylation sites (tertiary alicyclic amines) is 1. The van der Waals surface area contributed by atoms with Gasteiger partial charge < -0.3 is 4.90 Å². The van der Waals surface area contributed by atoms with Gasteiger partial charge in [0, 0.05) is 31.8 Å². The number of nitrogens with zero attached hydrogens (tertiary/aromatic N) is 1. The highest BCUT2D eigenvalue weighted by molar-refractivity contribution is 6.15. The van der Waals surface area contributed by atoms with Crippen molar-refractivity contribution < 1.29 is 14.4 Å². The minimum atomic E-state index is -0.681. The maximum Gasteiger partial charge on any atom is 0.223 e. The van der Waals surface area contributed by atoms with Crippen molar-refractivity contribution in [3.63, 3.8) is 0 Å². The molecule has 0 spiro atoms. The molecule has 1 heterocycles. The second-order valence-electron chi connectivity index (χ2n) is 7.66. The number of benzene rings is 1. The van der Waals surface area contributed by atoms with Gasteiger partial charge in [0.05, 0.1) is 0 Å². The number of carbonyl (C=O) groups excluding carboxylic acids is 3. The van der Waals surface area contributed by atoms with Gasteiger partial charge in [0.1, 0.15) is 11.7 Å². The van der Waals surface area contributed by atoms with Crippen molar-refractivity contribution in [1.29, 1.82) is 0 Å². The average molecular weight is 341 g/mol. The van der Waals surface area contributed by atoms with Crippen LogP contribution in [-0.2, 0) is 14.4 Å². The fourth-order valence-electron chi connectivity index (χ4n) is 4.46. The fourth-order valence-corrected chi connectivity index (χ4v) is 4.46. The van der Waals surface area contributed by atoms with E-state index >= 15 is 0 Å². The van der Waals surface area contributed by atoms with Gasteiger partial charge in [-0.25, -0.2) is 0 Å². The zero-order valence-electron chi connectivity index (χ0n) is 15.4. The van der Waals surface area contributed by atoms with Crippen LogP contribution in [0, 0.1) is 26.7 Å². The Bertz CT molecular complexity index is 693. The van der Waals surface area contributed by atoms with E-state index in [0.29, 0.717) is 0 Å². The van der Waals surface area contributed by atoms with E-state index in [0.717, 1.165) is 48.2 Å². The summed E-state index contributed by atoms with van der Waals surface area (Å²) in [5, 5.41) is 0. The second-order valence-corrected chi connectivity index (χ2v) is 7.66. The minimum Gasteiger partial charge on any atom is -0.343 e. The third-order valence-electron chi connectivity index (χ3n) is 5.61. The molecule has 1 saturated carbocycles. The molecule has 25 heavy (non-hydrogen) atoms. The molecule has 0 radical (unpaired) electrons. The van der Waals surface area contributed by atoms with Crippen molar-refractivity contribution >= 4 is 17.5 Å². The predicted molar refractivity (Wildman–Crippen MR) is 96.6 cm³/mol. The normalized spacial score (nSPS) is 24.0. The molecule has 134 valence electrons. The van der Waals surface area contributed by atoms with Crippen molar-refractivity contribution in [3.8, 4) is 0 Å². The number of hydrogen-bond donors (Lipinski definition) is 0. The number of rotatable bonds is 3. The Kier molecular flexibility index (Phi) is 5.07. The van der Waals surface area contributed by atoms with Gasteiger partial charge in [0.25, 0.3) is 0 Å². The van der Waals surface area contributed by atoms with Crippen LogP contribution in [0.25, 0.3) is 0 Å². The highest BCUT2D eigenvalue weighted by Gasteiger charge is 2.44. The van der Waals surface area contributed by atoms with Crippen LogP contribution < -0.4 is 0 Å². The molecule has 1 aliphatic heterocycles. The van der Waals surface area contributed by atoms with Gasteiger partial charge in [-0.3, -0.25) is 14.4 Å². The van der Waals surface area contributed by atoms with E-state index in [4.69, 9.17) is 0 Å². The van der Waals surface area contributed by atoms with E-state index in [1.54, 1.807) is 0 Å². The van der Waals surface area contributed by atoms with E-state index in [9.17, 15) is 14.4 Å². The molecule has 2 atom stereocenters. The Morgan fingerprint density at radius 2 is 1.64 bits per heavy atom. The molecule has 0 aromatic heterocycles. The van der Waals surface area contributed by atoms with Crippen molar-refractivity contribution in [2.45, 2.75) is 58.8 Å². The van der Waals surface area contributed by atoms with Crippen LogP contribution >= 0.6 is 0 Å². The molecule has 0 bridgehead atoms. The van der Waals surface area contributed by atoms with Gasteiger partial charge >= 0.3 is 0 Å². The van der Waals surface area contributed by atoms with Crippen LogP contribution in [0.4, 0.5) is 0 Å². The molecule has 1 amide bonds. The van der Waals surface area contributed by atoms with Crippen molar-refractivity contribution in [1.82, 2.24) is 4.90 Å². The number of Topliss-reactive ketones (excluding diaryl/α,β-unsaturated/α-hetero) is 2. The smallest absolute Gasteiger partial charge is 0.223 e. The summed E-state index contributed by atoms with van der Waals surface area (Å²) >= 11 is 0. The van der Waals surface area contributed by atoms with Gasteiger partial charge in [0.15, 0.2) is 5.78 Å². The molecule has 2 aliphatic rings. The minimum absolute atomic E-state index is 0.0310. The highest BCUT2D eigenvalue weighted by Crippen LogP contribution is 2.37. The molecule has 4 nitrogen and oxygen atoms in total. The Morgan fingerprint density at radius 1 is 1.04 bits per heavy atom. The van der Waals surface area contributed by atoms with Crippen LogP contribution in [0.15, 0.2) is 12.1 Å². The lowest BCUT2D eigenvalue weighted by Crippen LogP contribution is -2.37. The molecule has 2 unspecified atom stereocenters. The van der Waals surface area contributed by atoms with Gasteiger partial charge in [-0.15, -0.1) is 0 Å². The largest absolute Gasteiger partial charge is 0.343 e. The van der Waals surface area contributed by atoms with Crippen LogP contribution in [0.3, 0.4) is 0 Å². The molecule has 4 heteroatoms. The number of carbonyl (C=O) groups is 3. The predicted octanol–water partition coefficient (Wildman–Crippen LogP) is 3.26. The molecular formula is C21H27NO3. The number of ketones is 2. The average Bonchev–Trinajstić information content (AvgIpc) is 2.82. The summed E-state index contributed by atoms with van der Waals surface area (Å²) < 4.78 is 0. The van der Waals surface area contributed by atoms with Crippen LogP contribution in [0.2, 0.25) is 0 Å². The van der Waals surface area contributed by atoms with E-state index in [1.165, 1.54) is 6.42 Å². The Balaban J connectivity index is 1.78. The summed E-state index contributed by atoms with van der Waals surface area (Å²) in [4.78, 5) is 39.9. The first-order valence-corrected chi connectivity index (χ1v) is 9.30. The monoisotopic (exact) mass is 341 g/mol. The van der Waals surface area contributed by atoms with Gasteiger partial charge in [-0.2, -0.15) is 0 Å². The lowest BCUT2D eigenvalue weighted by Gasteiger charge is -2.27. The topological polar surface area (TPSA) is 54.5 Å². The van der Waals surface area contributed by atoms with Gasteiger partial charge in [-0.05, 0) is 56.7 Å². The number of hydrogen-bond acceptors (Lipinski definition) is 3. The summed E-state index contributed by atoms with van der Waals surface area (Å²) in [5.74, 6) is -1.20. The summed E-state index contributed by atoms with van der Waals surface area (Å²) in [7, 11) is 0. The third kappa shape index (κ3) is 3.53. The van der Waals surface area contributed by atoms with E-state index in [1.807, 2.05) is 37.8 Å². The Morgan fingerprint density at radius 3 is 2.24 bits per heavy atom. The first kappa shape index (κ1) is 17.8. The van der Waals surface area contributed by atoms with E-state index in [2.05, 4.69) is 0 Å². The summed E-state index contributed by atoms with van der Waals surface area (Å²) in [6.45, 7) is 7.51. The Hall–Kier alpha value is -1.97. The zero-order valence-corrected chi connectivity index (χ0v) is 15.4. The molecule has 0 N–H and O–H groups in total. The first-order valence-electron chi connectivity index (χ1n) is 9.30. The summed E-state index contributed by atoms with van der Waals surface area (Å²) in [5.41, 5.74) is 3.97.